The summed E-state index contributed by atoms with van der Waals surface area (Å²) in [4.78, 5) is 0. The van der Waals surface area contributed by atoms with E-state index in [9.17, 15) is 5.11 Å². The Morgan fingerprint density at radius 1 is 1.16 bits per heavy atom. The Morgan fingerprint density at radius 2 is 1.94 bits per heavy atom. The minimum atomic E-state index is 0.0708. The van der Waals surface area contributed by atoms with Gasteiger partial charge in [0.15, 0.2) is 0 Å². The molecule has 1 heterocycles. The third-order valence-corrected chi connectivity index (χ3v) is 9.70. The van der Waals surface area contributed by atoms with Crippen molar-refractivity contribution in [1.82, 2.24) is 9.78 Å². The van der Waals surface area contributed by atoms with Gasteiger partial charge in [-0.05, 0) is 96.8 Å². The lowest BCUT2D eigenvalue weighted by molar-refractivity contribution is -0.0607. The molecule has 0 spiro atoms. The molecule has 2 aromatic rings. The number of nitrogens with zero attached hydrogens (tertiary/aromatic N) is 2. The topological polar surface area (TPSA) is 64.1 Å². The standard InChI is InChI=1S/C27H39N3O/c1-17-9-10-22-23(14-28)24(11-18(2)26(17)22)27(3)13-19-15-29-30(21-7-5-4-6-8-21)25(19)12-20(27)16-31/h4-8,15,17-18,20,22-24,26,31H,9-14,16,28H2,1-3H3/t17-,18+,20+,22+,23-,24-,26+,27-/m0/s1. The number of fused-ring (bicyclic) bond motifs is 2. The second kappa shape index (κ2) is 8.04. The monoisotopic (exact) mass is 421 g/mol. The maximum atomic E-state index is 10.6. The predicted molar refractivity (Wildman–Crippen MR) is 125 cm³/mol. The molecule has 2 saturated carbocycles. The zero-order valence-corrected chi connectivity index (χ0v) is 19.4. The van der Waals surface area contributed by atoms with E-state index in [0.717, 1.165) is 48.7 Å². The maximum absolute atomic E-state index is 10.6. The van der Waals surface area contributed by atoms with Crippen LogP contribution in [0.3, 0.4) is 0 Å². The fraction of sp³-hybridized carbons (Fsp3) is 0.667. The van der Waals surface area contributed by atoms with Gasteiger partial charge in [-0.15, -0.1) is 0 Å². The summed E-state index contributed by atoms with van der Waals surface area (Å²) in [5.74, 6) is 4.58. The second-order valence-electron chi connectivity index (χ2n) is 11.1. The number of aliphatic hydroxyl groups excluding tert-OH is 1. The van der Waals surface area contributed by atoms with Crippen LogP contribution in [0.4, 0.5) is 0 Å². The first-order chi connectivity index (χ1) is 15.0. The Labute approximate surface area is 187 Å². The highest BCUT2D eigenvalue weighted by Gasteiger charge is 2.55. The third kappa shape index (κ3) is 3.29. The Bertz CT molecular complexity index is 908. The van der Waals surface area contributed by atoms with E-state index in [4.69, 9.17) is 10.8 Å². The Kier molecular flexibility index (Phi) is 5.50. The minimum Gasteiger partial charge on any atom is -0.396 e. The first kappa shape index (κ1) is 21.2. The summed E-state index contributed by atoms with van der Waals surface area (Å²) >= 11 is 0. The summed E-state index contributed by atoms with van der Waals surface area (Å²) in [7, 11) is 0. The molecular weight excluding hydrogens is 382 g/mol. The van der Waals surface area contributed by atoms with E-state index >= 15 is 0 Å². The lowest BCUT2D eigenvalue weighted by atomic mass is 9.50. The van der Waals surface area contributed by atoms with E-state index in [-0.39, 0.29) is 17.9 Å². The number of aromatic nitrogens is 2. The van der Waals surface area contributed by atoms with Gasteiger partial charge in [0, 0.05) is 12.3 Å². The molecular formula is C27H39N3O. The van der Waals surface area contributed by atoms with Crippen LogP contribution in [0.15, 0.2) is 36.5 Å². The summed E-state index contributed by atoms with van der Waals surface area (Å²) in [6, 6.07) is 10.4. The van der Waals surface area contributed by atoms with Gasteiger partial charge in [-0.2, -0.15) is 5.10 Å². The molecule has 3 N–H and O–H groups in total. The Balaban J connectivity index is 1.50. The Morgan fingerprint density at radius 3 is 2.65 bits per heavy atom. The fourth-order valence-electron chi connectivity index (χ4n) is 8.17. The van der Waals surface area contributed by atoms with Crippen molar-refractivity contribution >= 4 is 0 Å². The number of rotatable bonds is 4. The summed E-state index contributed by atoms with van der Waals surface area (Å²) in [5, 5.41) is 15.4. The smallest absolute Gasteiger partial charge is 0.0648 e. The SMILES string of the molecule is C[C@@H]1C[C@H]([C@@]2(C)Cc3cnn(-c4ccccc4)c3C[C@@H]2CO)[C@@H](CN)[C@H]2CC[C@H](C)[C@@H]21. The number of benzene rings is 1. The number of nitrogens with two attached hydrogens (primary N) is 1. The largest absolute Gasteiger partial charge is 0.396 e. The van der Waals surface area contributed by atoms with E-state index in [2.05, 4.69) is 55.9 Å². The van der Waals surface area contributed by atoms with Gasteiger partial charge in [0.2, 0.25) is 0 Å². The number of aliphatic hydroxyl groups is 1. The highest BCUT2D eigenvalue weighted by atomic mass is 16.3. The van der Waals surface area contributed by atoms with Crippen molar-refractivity contribution in [3.05, 3.63) is 47.8 Å². The van der Waals surface area contributed by atoms with E-state index in [0.29, 0.717) is 11.8 Å². The molecule has 2 fully saturated rings. The number of para-hydroxylation sites is 1. The van der Waals surface area contributed by atoms with Crippen molar-refractivity contribution in [3.8, 4) is 5.69 Å². The highest BCUT2D eigenvalue weighted by Crippen LogP contribution is 2.59. The molecule has 31 heavy (non-hydrogen) atoms. The van der Waals surface area contributed by atoms with Gasteiger partial charge in [0.25, 0.3) is 0 Å². The van der Waals surface area contributed by atoms with E-state index in [1.165, 1.54) is 30.5 Å². The van der Waals surface area contributed by atoms with Gasteiger partial charge < -0.3 is 10.8 Å². The van der Waals surface area contributed by atoms with Crippen LogP contribution in [0.2, 0.25) is 0 Å². The average molecular weight is 422 g/mol. The maximum Gasteiger partial charge on any atom is 0.0648 e. The number of hydrogen-bond donors (Lipinski definition) is 2. The second-order valence-corrected chi connectivity index (χ2v) is 11.1. The first-order valence-electron chi connectivity index (χ1n) is 12.4. The molecule has 8 atom stereocenters. The lowest BCUT2D eigenvalue weighted by Gasteiger charge is -2.55. The van der Waals surface area contributed by atoms with Gasteiger partial charge in [0.1, 0.15) is 0 Å². The molecule has 4 nitrogen and oxygen atoms in total. The van der Waals surface area contributed by atoms with Gasteiger partial charge >= 0.3 is 0 Å². The molecule has 168 valence electrons. The molecule has 3 aliphatic rings. The van der Waals surface area contributed by atoms with Crippen molar-refractivity contribution in [2.75, 3.05) is 13.2 Å². The molecule has 1 aromatic heterocycles. The normalized spacial score (nSPS) is 39.8. The van der Waals surface area contributed by atoms with Crippen LogP contribution in [-0.2, 0) is 12.8 Å². The molecule has 0 bridgehead atoms. The molecule has 4 heteroatoms. The fourth-order valence-corrected chi connectivity index (χ4v) is 8.17. The molecule has 0 unspecified atom stereocenters. The zero-order chi connectivity index (χ0) is 21.8. The summed E-state index contributed by atoms with van der Waals surface area (Å²) in [6.45, 7) is 8.42. The molecule has 1 aromatic carbocycles. The molecule has 0 amide bonds. The molecule has 0 aliphatic heterocycles. The van der Waals surface area contributed by atoms with E-state index in [1.54, 1.807) is 0 Å². The van der Waals surface area contributed by atoms with Gasteiger partial charge in [-0.1, -0.05) is 45.4 Å². The van der Waals surface area contributed by atoms with Crippen molar-refractivity contribution < 1.29 is 5.11 Å². The predicted octanol–water partition coefficient (Wildman–Crippen LogP) is 4.48. The Hall–Kier alpha value is -1.65. The first-order valence-corrected chi connectivity index (χ1v) is 12.4. The van der Waals surface area contributed by atoms with Crippen molar-refractivity contribution in [1.29, 1.82) is 0 Å². The summed E-state index contributed by atoms with van der Waals surface area (Å²) in [5.41, 5.74) is 10.3. The van der Waals surface area contributed by atoms with Crippen molar-refractivity contribution in [3.63, 3.8) is 0 Å². The van der Waals surface area contributed by atoms with Crippen LogP contribution in [-0.4, -0.2) is 28.0 Å². The van der Waals surface area contributed by atoms with Crippen molar-refractivity contribution in [2.45, 2.75) is 52.9 Å². The van der Waals surface area contributed by atoms with Gasteiger partial charge in [-0.3, -0.25) is 0 Å². The average Bonchev–Trinajstić information content (AvgIpc) is 3.37. The molecule has 0 saturated heterocycles. The van der Waals surface area contributed by atoms with Gasteiger partial charge in [-0.25, -0.2) is 4.68 Å². The zero-order valence-electron chi connectivity index (χ0n) is 19.4. The van der Waals surface area contributed by atoms with Crippen LogP contribution < -0.4 is 5.73 Å². The van der Waals surface area contributed by atoms with Crippen LogP contribution >= 0.6 is 0 Å². The number of hydrogen-bond acceptors (Lipinski definition) is 3. The quantitative estimate of drug-likeness (QED) is 0.765. The minimum absolute atomic E-state index is 0.0708. The van der Waals surface area contributed by atoms with Crippen LogP contribution in [0.1, 0.15) is 51.3 Å². The van der Waals surface area contributed by atoms with Gasteiger partial charge in [0.05, 0.1) is 11.9 Å². The van der Waals surface area contributed by atoms with E-state index < -0.39 is 0 Å². The van der Waals surface area contributed by atoms with Crippen molar-refractivity contribution in [2.24, 2.45) is 52.6 Å². The summed E-state index contributed by atoms with van der Waals surface area (Å²) in [6.07, 6.45) is 7.93. The highest BCUT2D eigenvalue weighted by molar-refractivity contribution is 5.37. The summed E-state index contributed by atoms with van der Waals surface area (Å²) < 4.78 is 2.09. The van der Waals surface area contributed by atoms with Crippen LogP contribution in [0.25, 0.3) is 5.69 Å². The van der Waals surface area contributed by atoms with Crippen LogP contribution in [0.5, 0.6) is 0 Å². The third-order valence-electron chi connectivity index (χ3n) is 9.70. The molecule has 3 aliphatic carbocycles. The van der Waals surface area contributed by atoms with E-state index in [1.807, 2.05) is 6.07 Å². The molecule has 0 radical (unpaired) electrons. The van der Waals surface area contributed by atoms with Crippen LogP contribution in [0, 0.1) is 46.8 Å². The molecule has 5 rings (SSSR count). The lowest BCUT2D eigenvalue weighted by Crippen LogP contribution is -2.53.